The van der Waals surface area contributed by atoms with E-state index in [1.807, 2.05) is 43.3 Å². The smallest absolute Gasteiger partial charge is 0.338 e. The molecular weight excluding hydrogens is 378 g/mol. The van der Waals surface area contributed by atoms with E-state index in [1.165, 1.54) is 0 Å². The van der Waals surface area contributed by atoms with Crippen LogP contribution in [0.4, 0.5) is 5.69 Å². The number of rotatable bonds is 9. The molecule has 0 fully saturated rings. The molecule has 5 heteroatoms. The van der Waals surface area contributed by atoms with Crippen molar-refractivity contribution in [3.63, 3.8) is 0 Å². The van der Waals surface area contributed by atoms with Gasteiger partial charge in [-0.3, -0.25) is 4.79 Å². The van der Waals surface area contributed by atoms with Crippen molar-refractivity contribution in [2.75, 3.05) is 11.9 Å². The summed E-state index contributed by atoms with van der Waals surface area (Å²) in [6.45, 7) is 2.82. The summed E-state index contributed by atoms with van der Waals surface area (Å²) in [7, 11) is 0. The van der Waals surface area contributed by atoms with Gasteiger partial charge in [-0.25, -0.2) is 4.79 Å². The third-order valence-corrected chi connectivity index (χ3v) is 4.48. The van der Waals surface area contributed by atoms with E-state index < -0.39 is 0 Å². The van der Waals surface area contributed by atoms with Gasteiger partial charge in [-0.1, -0.05) is 55.8 Å². The van der Waals surface area contributed by atoms with Gasteiger partial charge in [-0.2, -0.15) is 0 Å². The first-order chi connectivity index (χ1) is 14.7. The summed E-state index contributed by atoms with van der Waals surface area (Å²) < 4.78 is 11.1. The molecule has 0 bridgehead atoms. The van der Waals surface area contributed by atoms with E-state index in [0.29, 0.717) is 35.8 Å². The first-order valence-electron chi connectivity index (χ1n) is 10.0. The van der Waals surface area contributed by atoms with Gasteiger partial charge in [0.2, 0.25) is 0 Å². The Morgan fingerprint density at radius 3 is 2.30 bits per heavy atom. The lowest BCUT2D eigenvalue weighted by atomic mass is 10.1. The number of para-hydroxylation sites is 1. The monoisotopic (exact) mass is 403 g/mol. The molecule has 0 heterocycles. The highest BCUT2D eigenvalue weighted by Gasteiger charge is 2.13. The first-order valence-corrected chi connectivity index (χ1v) is 10.0. The second-order valence-electron chi connectivity index (χ2n) is 6.79. The quantitative estimate of drug-likeness (QED) is 0.380. The Hall–Kier alpha value is -3.60. The molecule has 30 heavy (non-hydrogen) atoms. The van der Waals surface area contributed by atoms with Crippen LogP contribution in [0.1, 0.15) is 46.0 Å². The van der Waals surface area contributed by atoms with Crippen LogP contribution < -0.4 is 10.1 Å². The standard InChI is InChI=1S/C25H25NO4/c1-2-3-17-29-25(28)20-13-15-21(16-14-20)26-24(27)22-11-7-8-12-23(22)30-18-19-9-5-4-6-10-19/h4-16H,2-3,17-18H2,1H3,(H,26,27). The Morgan fingerprint density at radius 1 is 0.867 bits per heavy atom. The fraction of sp³-hybridized carbons (Fsp3) is 0.200. The van der Waals surface area contributed by atoms with Crippen molar-refractivity contribution in [3.05, 3.63) is 95.6 Å². The summed E-state index contributed by atoms with van der Waals surface area (Å²) >= 11 is 0. The predicted molar refractivity (Wildman–Crippen MR) is 117 cm³/mol. The summed E-state index contributed by atoms with van der Waals surface area (Å²) in [5.41, 5.74) is 2.50. The zero-order valence-electron chi connectivity index (χ0n) is 17.0. The highest BCUT2D eigenvalue weighted by atomic mass is 16.5. The number of esters is 1. The van der Waals surface area contributed by atoms with Gasteiger partial charge in [-0.15, -0.1) is 0 Å². The fourth-order valence-corrected chi connectivity index (χ4v) is 2.80. The van der Waals surface area contributed by atoms with E-state index in [2.05, 4.69) is 5.32 Å². The lowest BCUT2D eigenvalue weighted by Gasteiger charge is -2.12. The van der Waals surface area contributed by atoms with Crippen molar-refractivity contribution in [1.29, 1.82) is 0 Å². The number of amides is 1. The van der Waals surface area contributed by atoms with Crippen LogP contribution >= 0.6 is 0 Å². The minimum Gasteiger partial charge on any atom is -0.488 e. The highest BCUT2D eigenvalue weighted by molar-refractivity contribution is 6.06. The van der Waals surface area contributed by atoms with Gasteiger partial charge in [0.15, 0.2) is 0 Å². The van der Waals surface area contributed by atoms with Crippen LogP contribution in [0.25, 0.3) is 0 Å². The van der Waals surface area contributed by atoms with Gasteiger partial charge in [0.1, 0.15) is 12.4 Å². The number of ether oxygens (including phenoxy) is 2. The number of hydrogen-bond acceptors (Lipinski definition) is 4. The normalized spacial score (nSPS) is 10.3. The first kappa shape index (κ1) is 21.1. The summed E-state index contributed by atoms with van der Waals surface area (Å²) in [4.78, 5) is 24.7. The van der Waals surface area contributed by atoms with Crippen LogP contribution in [0.5, 0.6) is 5.75 Å². The molecule has 0 aliphatic carbocycles. The third-order valence-electron chi connectivity index (χ3n) is 4.48. The maximum Gasteiger partial charge on any atom is 0.338 e. The summed E-state index contributed by atoms with van der Waals surface area (Å²) in [6.07, 6.45) is 1.81. The van der Waals surface area contributed by atoms with Gasteiger partial charge < -0.3 is 14.8 Å². The Labute approximate surface area is 176 Å². The van der Waals surface area contributed by atoms with E-state index in [4.69, 9.17) is 9.47 Å². The summed E-state index contributed by atoms with van der Waals surface area (Å²) in [5, 5.41) is 2.84. The molecule has 5 nitrogen and oxygen atoms in total. The van der Waals surface area contributed by atoms with Crippen LogP contribution in [0.2, 0.25) is 0 Å². The Balaban J connectivity index is 1.62. The van der Waals surface area contributed by atoms with Crippen LogP contribution in [-0.2, 0) is 11.3 Å². The minimum absolute atomic E-state index is 0.281. The summed E-state index contributed by atoms with van der Waals surface area (Å²) in [5.74, 6) is -0.132. The van der Waals surface area contributed by atoms with Crippen molar-refractivity contribution in [2.45, 2.75) is 26.4 Å². The molecule has 0 saturated carbocycles. The summed E-state index contributed by atoms with van der Waals surface area (Å²) in [6, 6.07) is 23.5. The molecule has 1 amide bonds. The Bertz CT molecular complexity index is 968. The van der Waals surface area contributed by atoms with Crippen molar-refractivity contribution in [1.82, 2.24) is 0 Å². The molecule has 0 unspecified atom stereocenters. The number of hydrogen-bond donors (Lipinski definition) is 1. The average molecular weight is 403 g/mol. The number of carbonyl (C=O) groups excluding carboxylic acids is 2. The third kappa shape index (κ3) is 5.95. The lowest BCUT2D eigenvalue weighted by Crippen LogP contribution is -2.14. The van der Waals surface area contributed by atoms with Gasteiger partial charge >= 0.3 is 5.97 Å². The maximum absolute atomic E-state index is 12.8. The molecule has 0 aliphatic rings. The van der Waals surface area contributed by atoms with Crippen LogP contribution in [0, 0.1) is 0 Å². The van der Waals surface area contributed by atoms with E-state index in [1.54, 1.807) is 42.5 Å². The SMILES string of the molecule is CCCCOC(=O)c1ccc(NC(=O)c2ccccc2OCc2ccccc2)cc1. The van der Waals surface area contributed by atoms with Crippen molar-refractivity contribution in [3.8, 4) is 5.75 Å². The highest BCUT2D eigenvalue weighted by Crippen LogP contribution is 2.21. The lowest BCUT2D eigenvalue weighted by molar-refractivity contribution is 0.0499. The average Bonchev–Trinajstić information content (AvgIpc) is 2.79. The van der Waals surface area contributed by atoms with Crippen molar-refractivity contribution < 1.29 is 19.1 Å². The molecule has 3 aromatic rings. The molecule has 0 aromatic heterocycles. The van der Waals surface area contributed by atoms with Crippen LogP contribution in [0.15, 0.2) is 78.9 Å². The molecule has 0 aliphatic heterocycles. The number of nitrogens with one attached hydrogen (secondary N) is 1. The minimum atomic E-state index is -0.360. The molecule has 3 rings (SSSR count). The van der Waals surface area contributed by atoms with Gasteiger partial charge in [0.25, 0.3) is 5.91 Å². The number of unbranched alkanes of at least 4 members (excludes halogenated alkanes) is 1. The van der Waals surface area contributed by atoms with Gasteiger partial charge in [0, 0.05) is 5.69 Å². The topological polar surface area (TPSA) is 64.6 Å². The van der Waals surface area contributed by atoms with Crippen LogP contribution in [0.3, 0.4) is 0 Å². The number of carbonyl (C=O) groups is 2. The number of benzene rings is 3. The molecule has 0 radical (unpaired) electrons. The van der Waals surface area contributed by atoms with E-state index in [9.17, 15) is 9.59 Å². The predicted octanol–water partition coefficient (Wildman–Crippen LogP) is 5.47. The zero-order valence-corrected chi connectivity index (χ0v) is 17.0. The molecule has 1 N–H and O–H groups in total. The second-order valence-corrected chi connectivity index (χ2v) is 6.79. The van der Waals surface area contributed by atoms with Gasteiger partial charge in [-0.05, 0) is 48.4 Å². The second kappa shape index (κ2) is 10.8. The van der Waals surface area contributed by atoms with E-state index in [0.717, 1.165) is 18.4 Å². The fourth-order valence-electron chi connectivity index (χ4n) is 2.80. The molecule has 0 atom stereocenters. The zero-order chi connectivity index (χ0) is 21.2. The van der Waals surface area contributed by atoms with E-state index in [-0.39, 0.29) is 11.9 Å². The largest absolute Gasteiger partial charge is 0.488 e. The Kier molecular flexibility index (Phi) is 7.61. The maximum atomic E-state index is 12.8. The van der Waals surface area contributed by atoms with Gasteiger partial charge in [0.05, 0.1) is 17.7 Å². The van der Waals surface area contributed by atoms with Crippen molar-refractivity contribution in [2.24, 2.45) is 0 Å². The van der Waals surface area contributed by atoms with E-state index >= 15 is 0 Å². The number of anilines is 1. The molecule has 0 spiro atoms. The molecule has 154 valence electrons. The molecular formula is C25H25NO4. The van der Waals surface area contributed by atoms with Crippen molar-refractivity contribution >= 4 is 17.6 Å². The Morgan fingerprint density at radius 2 is 1.57 bits per heavy atom. The van der Waals surface area contributed by atoms with Crippen LogP contribution in [-0.4, -0.2) is 18.5 Å². The molecule has 3 aromatic carbocycles. The molecule has 0 saturated heterocycles.